The monoisotopic (exact) mass is 207 g/mol. The van der Waals surface area contributed by atoms with E-state index in [-0.39, 0.29) is 6.10 Å². The third kappa shape index (κ3) is 5.53. The Hall–Kier alpha value is -0.890. The van der Waals surface area contributed by atoms with Gasteiger partial charge in [-0.3, -0.25) is 4.98 Å². The molecule has 0 aromatic carbocycles. The second-order valence-electron chi connectivity index (χ2n) is 4.54. The maximum Gasteiger partial charge on any atom is 0.0581 e. The van der Waals surface area contributed by atoms with Crippen LogP contribution < -0.4 is 0 Å². The molecule has 0 saturated carbocycles. The molecule has 0 aliphatic rings. The number of aromatic nitrogens is 1. The average Bonchev–Trinajstić information content (AvgIpc) is 2.18. The Morgan fingerprint density at radius 1 is 1.33 bits per heavy atom. The zero-order valence-corrected chi connectivity index (χ0v) is 9.69. The minimum absolute atomic E-state index is 0.215. The number of hydrogen-bond donors (Lipinski definition) is 1. The van der Waals surface area contributed by atoms with Crippen LogP contribution in [0.3, 0.4) is 0 Å². The summed E-state index contributed by atoms with van der Waals surface area (Å²) in [4.78, 5) is 4.04. The zero-order valence-electron chi connectivity index (χ0n) is 9.69. The van der Waals surface area contributed by atoms with Crippen molar-refractivity contribution in [2.45, 2.75) is 45.6 Å². The third-order valence-electron chi connectivity index (χ3n) is 2.51. The summed E-state index contributed by atoms with van der Waals surface area (Å²) >= 11 is 0. The minimum atomic E-state index is -0.215. The molecule has 2 heteroatoms. The van der Waals surface area contributed by atoms with Gasteiger partial charge in [-0.1, -0.05) is 32.8 Å². The number of rotatable bonds is 6. The highest BCUT2D eigenvalue weighted by Crippen LogP contribution is 2.11. The van der Waals surface area contributed by atoms with Crippen LogP contribution in [-0.2, 0) is 6.42 Å². The predicted octanol–water partition coefficient (Wildman–Crippen LogP) is 2.81. The summed E-state index contributed by atoms with van der Waals surface area (Å²) in [6.07, 6.45) is 7.30. The number of aliphatic hydroxyl groups is 1. The van der Waals surface area contributed by atoms with Crippen molar-refractivity contribution in [3.05, 3.63) is 30.1 Å². The van der Waals surface area contributed by atoms with Gasteiger partial charge in [0, 0.05) is 12.4 Å². The molecular weight excluding hydrogens is 186 g/mol. The van der Waals surface area contributed by atoms with Gasteiger partial charge in [0.25, 0.3) is 0 Å². The topological polar surface area (TPSA) is 33.1 Å². The molecule has 15 heavy (non-hydrogen) atoms. The standard InChI is InChI=1S/C13H21NO/c1-11(2)5-3-7-13(15)9-12-6-4-8-14-10-12/h4,6,8,10-11,13,15H,3,5,7,9H2,1-2H3. The molecule has 1 unspecified atom stereocenters. The summed E-state index contributed by atoms with van der Waals surface area (Å²) in [5.74, 6) is 0.732. The second kappa shape index (κ2) is 6.57. The molecule has 0 aliphatic carbocycles. The van der Waals surface area contributed by atoms with Crippen molar-refractivity contribution < 1.29 is 5.11 Å². The van der Waals surface area contributed by atoms with Gasteiger partial charge in [-0.15, -0.1) is 0 Å². The highest BCUT2D eigenvalue weighted by atomic mass is 16.3. The normalized spacial score (nSPS) is 13.1. The maximum absolute atomic E-state index is 9.79. The summed E-state index contributed by atoms with van der Waals surface area (Å²) in [5, 5.41) is 9.79. The van der Waals surface area contributed by atoms with Crippen LogP contribution in [0, 0.1) is 5.92 Å². The molecule has 0 bridgehead atoms. The third-order valence-corrected chi connectivity index (χ3v) is 2.51. The number of nitrogens with zero attached hydrogens (tertiary/aromatic N) is 1. The molecule has 1 atom stereocenters. The van der Waals surface area contributed by atoms with E-state index in [0.29, 0.717) is 0 Å². The fraction of sp³-hybridized carbons (Fsp3) is 0.615. The summed E-state index contributed by atoms with van der Waals surface area (Å²) in [5.41, 5.74) is 1.12. The fourth-order valence-corrected chi connectivity index (χ4v) is 1.65. The van der Waals surface area contributed by atoms with Gasteiger partial charge < -0.3 is 5.11 Å². The molecule has 1 heterocycles. The van der Waals surface area contributed by atoms with Gasteiger partial charge in [-0.2, -0.15) is 0 Å². The Bertz CT molecular complexity index is 258. The van der Waals surface area contributed by atoms with Gasteiger partial charge in [0.15, 0.2) is 0 Å². The molecule has 1 aromatic rings. The van der Waals surface area contributed by atoms with E-state index in [1.807, 2.05) is 18.3 Å². The second-order valence-corrected chi connectivity index (χ2v) is 4.54. The first-order valence-corrected chi connectivity index (χ1v) is 5.75. The molecule has 1 N–H and O–H groups in total. The van der Waals surface area contributed by atoms with Crippen LogP contribution in [0.4, 0.5) is 0 Å². The summed E-state index contributed by atoms with van der Waals surface area (Å²) in [6.45, 7) is 4.43. The van der Waals surface area contributed by atoms with Gasteiger partial charge in [-0.05, 0) is 30.4 Å². The van der Waals surface area contributed by atoms with Crippen molar-refractivity contribution in [1.29, 1.82) is 0 Å². The van der Waals surface area contributed by atoms with Crippen LogP contribution >= 0.6 is 0 Å². The smallest absolute Gasteiger partial charge is 0.0581 e. The molecule has 0 fully saturated rings. The van der Waals surface area contributed by atoms with Crippen molar-refractivity contribution in [2.24, 2.45) is 5.92 Å². The molecule has 1 rings (SSSR count). The lowest BCUT2D eigenvalue weighted by molar-refractivity contribution is 0.159. The fourth-order valence-electron chi connectivity index (χ4n) is 1.65. The van der Waals surface area contributed by atoms with E-state index in [4.69, 9.17) is 0 Å². The van der Waals surface area contributed by atoms with E-state index in [0.717, 1.165) is 30.7 Å². The lowest BCUT2D eigenvalue weighted by atomic mass is 10.0. The van der Waals surface area contributed by atoms with Crippen LogP contribution in [0.5, 0.6) is 0 Å². The maximum atomic E-state index is 9.79. The molecule has 84 valence electrons. The lowest BCUT2D eigenvalue weighted by Crippen LogP contribution is -2.10. The molecule has 2 nitrogen and oxygen atoms in total. The van der Waals surface area contributed by atoms with Gasteiger partial charge in [-0.25, -0.2) is 0 Å². The molecule has 0 radical (unpaired) electrons. The molecule has 0 spiro atoms. The largest absolute Gasteiger partial charge is 0.393 e. The Labute approximate surface area is 92.4 Å². The Kier molecular flexibility index (Phi) is 5.33. The van der Waals surface area contributed by atoms with Crippen molar-refractivity contribution >= 4 is 0 Å². The van der Waals surface area contributed by atoms with Gasteiger partial charge in [0.1, 0.15) is 0 Å². The van der Waals surface area contributed by atoms with E-state index in [9.17, 15) is 5.11 Å². The predicted molar refractivity (Wildman–Crippen MR) is 62.6 cm³/mol. The van der Waals surface area contributed by atoms with Crippen LogP contribution in [0.1, 0.15) is 38.7 Å². The molecule has 0 amide bonds. The van der Waals surface area contributed by atoms with Crippen molar-refractivity contribution in [3.8, 4) is 0 Å². The van der Waals surface area contributed by atoms with E-state index in [1.54, 1.807) is 6.20 Å². The Balaban J connectivity index is 2.21. The first-order chi connectivity index (χ1) is 7.18. The van der Waals surface area contributed by atoms with Crippen LogP contribution in [-0.4, -0.2) is 16.2 Å². The van der Waals surface area contributed by atoms with Gasteiger partial charge in [0.05, 0.1) is 6.10 Å². The van der Waals surface area contributed by atoms with E-state index in [2.05, 4.69) is 18.8 Å². The van der Waals surface area contributed by atoms with Crippen molar-refractivity contribution in [1.82, 2.24) is 4.98 Å². The van der Waals surface area contributed by atoms with Crippen LogP contribution in [0.15, 0.2) is 24.5 Å². The molecule has 0 saturated heterocycles. The number of pyridine rings is 1. The molecule has 1 aromatic heterocycles. The summed E-state index contributed by atoms with van der Waals surface area (Å²) < 4.78 is 0. The molecular formula is C13H21NO. The highest BCUT2D eigenvalue weighted by Gasteiger charge is 2.05. The minimum Gasteiger partial charge on any atom is -0.393 e. The Morgan fingerprint density at radius 3 is 2.73 bits per heavy atom. The zero-order chi connectivity index (χ0) is 11.1. The first kappa shape index (κ1) is 12.2. The summed E-state index contributed by atoms with van der Waals surface area (Å²) in [6, 6.07) is 3.93. The van der Waals surface area contributed by atoms with Crippen molar-refractivity contribution in [2.75, 3.05) is 0 Å². The SMILES string of the molecule is CC(C)CCCC(O)Cc1cccnc1. The van der Waals surface area contributed by atoms with E-state index >= 15 is 0 Å². The number of aliphatic hydroxyl groups excluding tert-OH is 1. The van der Waals surface area contributed by atoms with E-state index in [1.165, 1.54) is 6.42 Å². The lowest BCUT2D eigenvalue weighted by Gasteiger charge is -2.11. The van der Waals surface area contributed by atoms with Crippen LogP contribution in [0.25, 0.3) is 0 Å². The summed E-state index contributed by atoms with van der Waals surface area (Å²) in [7, 11) is 0. The highest BCUT2D eigenvalue weighted by molar-refractivity contribution is 5.09. The van der Waals surface area contributed by atoms with Gasteiger partial charge >= 0.3 is 0 Å². The first-order valence-electron chi connectivity index (χ1n) is 5.75. The quantitative estimate of drug-likeness (QED) is 0.778. The van der Waals surface area contributed by atoms with Gasteiger partial charge in [0.2, 0.25) is 0 Å². The number of hydrogen-bond acceptors (Lipinski definition) is 2. The van der Waals surface area contributed by atoms with Crippen molar-refractivity contribution in [3.63, 3.8) is 0 Å². The average molecular weight is 207 g/mol. The van der Waals surface area contributed by atoms with E-state index < -0.39 is 0 Å². The van der Waals surface area contributed by atoms with Crippen LogP contribution in [0.2, 0.25) is 0 Å². The Morgan fingerprint density at radius 2 is 2.13 bits per heavy atom. The molecule has 0 aliphatic heterocycles.